The third kappa shape index (κ3) is 6.62. The maximum atomic E-state index is 13.5. The zero-order valence-electron chi connectivity index (χ0n) is 22.5. The molecule has 2 aliphatic heterocycles. The number of anilines is 1. The number of urea groups is 1. The third-order valence-electron chi connectivity index (χ3n) is 7.20. The molecule has 1 unspecified atom stereocenters. The summed E-state index contributed by atoms with van der Waals surface area (Å²) in [6.45, 7) is 6.53. The first-order valence-electron chi connectivity index (χ1n) is 13.5. The van der Waals surface area contributed by atoms with Gasteiger partial charge in [-0.1, -0.05) is 44.2 Å². The van der Waals surface area contributed by atoms with Crippen molar-refractivity contribution in [3.8, 4) is 0 Å². The van der Waals surface area contributed by atoms with E-state index >= 15 is 0 Å². The van der Waals surface area contributed by atoms with Crippen LogP contribution in [-0.4, -0.2) is 54.8 Å². The minimum atomic E-state index is -1.45. The molecule has 0 aromatic heterocycles. The third-order valence-corrected chi connectivity index (χ3v) is 7.20. The van der Waals surface area contributed by atoms with Crippen LogP contribution in [0.4, 0.5) is 14.9 Å². The van der Waals surface area contributed by atoms with Gasteiger partial charge in [0, 0.05) is 51.3 Å². The maximum Gasteiger partial charge on any atom is 0.322 e. The fourth-order valence-electron chi connectivity index (χ4n) is 5.18. The largest absolute Gasteiger partial charge is 0.341 e. The van der Waals surface area contributed by atoms with Gasteiger partial charge in [-0.2, -0.15) is 0 Å². The zero-order valence-corrected chi connectivity index (χ0v) is 22.5. The van der Waals surface area contributed by atoms with E-state index in [1.54, 1.807) is 4.90 Å². The highest BCUT2D eigenvalue weighted by Crippen LogP contribution is 2.31. The molecule has 2 aromatic rings. The lowest BCUT2D eigenvalue weighted by molar-refractivity contribution is -0.132. The normalized spacial score (nSPS) is 20.2. The van der Waals surface area contributed by atoms with Gasteiger partial charge >= 0.3 is 6.03 Å². The Bertz CT molecular complexity index is 1220. The topological polar surface area (TPSA) is 111 Å². The van der Waals surface area contributed by atoms with Crippen LogP contribution in [0.15, 0.2) is 48.5 Å². The Morgan fingerprint density at radius 3 is 2.44 bits per heavy atom. The van der Waals surface area contributed by atoms with Crippen LogP contribution < -0.4 is 20.9 Å². The minimum absolute atomic E-state index is 0.00129. The van der Waals surface area contributed by atoms with E-state index in [0.29, 0.717) is 51.1 Å². The summed E-state index contributed by atoms with van der Waals surface area (Å²) in [5.41, 5.74) is 0.879. The molecule has 2 aromatic carbocycles. The van der Waals surface area contributed by atoms with Crippen LogP contribution in [0.1, 0.15) is 50.7 Å². The van der Waals surface area contributed by atoms with Crippen LogP contribution in [0.5, 0.6) is 0 Å². The summed E-state index contributed by atoms with van der Waals surface area (Å²) in [4.78, 5) is 55.0. The SMILES string of the molecule is CC(C)CC(=O)N1CCCN(C(=O)CCC2(c3ccc(F)cc3)NC(=O)NC2=O)CCNCc2ccccc21. The van der Waals surface area contributed by atoms with E-state index in [1.165, 1.54) is 24.3 Å². The molecule has 0 saturated carbocycles. The summed E-state index contributed by atoms with van der Waals surface area (Å²) >= 11 is 0. The fourth-order valence-corrected chi connectivity index (χ4v) is 5.18. The number of rotatable bonds is 6. The number of imide groups is 1. The van der Waals surface area contributed by atoms with Crippen molar-refractivity contribution in [2.45, 2.75) is 51.6 Å². The molecule has 0 bridgehead atoms. The van der Waals surface area contributed by atoms with Crippen molar-refractivity contribution in [1.82, 2.24) is 20.9 Å². The van der Waals surface area contributed by atoms with E-state index in [2.05, 4.69) is 16.0 Å². The van der Waals surface area contributed by atoms with Gasteiger partial charge in [-0.3, -0.25) is 19.7 Å². The number of para-hydroxylation sites is 1. The van der Waals surface area contributed by atoms with Crippen molar-refractivity contribution in [2.24, 2.45) is 5.92 Å². The average Bonchev–Trinajstić information content (AvgIpc) is 3.17. The lowest BCUT2D eigenvalue weighted by Gasteiger charge is -2.29. The minimum Gasteiger partial charge on any atom is -0.341 e. The quantitative estimate of drug-likeness (QED) is 0.491. The van der Waals surface area contributed by atoms with Gasteiger partial charge in [-0.05, 0) is 48.1 Å². The molecule has 1 fully saturated rings. The molecule has 1 atom stereocenters. The van der Waals surface area contributed by atoms with Crippen LogP contribution in [0.2, 0.25) is 0 Å². The van der Waals surface area contributed by atoms with Crippen LogP contribution in [0.25, 0.3) is 0 Å². The first-order valence-corrected chi connectivity index (χ1v) is 13.5. The van der Waals surface area contributed by atoms with Crippen molar-refractivity contribution in [3.05, 3.63) is 65.5 Å². The second-order valence-electron chi connectivity index (χ2n) is 10.5. The Morgan fingerprint density at radius 1 is 1.00 bits per heavy atom. The average molecular weight is 538 g/mol. The smallest absolute Gasteiger partial charge is 0.322 e. The molecule has 0 aliphatic carbocycles. The predicted molar refractivity (Wildman–Crippen MR) is 145 cm³/mol. The Balaban J connectivity index is 1.48. The first-order chi connectivity index (χ1) is 18.7. The fraction of sp³-hybridized carbons (Fsp3) is 0.448. The molecule has 2 heterocycles. The van der Waals surface area contributed by atoms with E-state index < -0.39 is 23.3 Å². The zero-order chi connectivity index (χ0) is 28.0. The van der Waals surface area contributed by atoms with Crippen LogP contribution in [0, 0.1) is 11.7 Å². The number of fused-ring (bicyclic) bond motifs is 1. The molecule has 3 N–H and O–H groups in total. The van der Waals surface area contributed by atoms with Gasteiger partial charge in [-0.25, -0.2) is 9.18 Å². The Kier molecular flexibility index (Phi) is 8.96. The number of nitrogens with one attached hydrogen (secondary N) is 3. The summed E-state index contributed by atoms with van der Waals surface area (Å²) in [5, 5.41) is 8.29. The van der Waals surface area contributed by atoms with Gasteiger partial charge in [0.05, 0.1) is 0 Å². The van der Waals surface area contributed by atoms with E-state index in [-0.39, 0.29) is 30.6 Å². The molecular formula is C29H36FN5O4. The lowest BCUT2D eigenvalue weighted by atomic mass is 9.85. The number of amides is 5. The van der Waals surface area contributed by atoms with Gasteiger partial charge in [0.2, 0.25) is 11.8 Å². The second kappa shape index (κ2) is 12.4. The highest BCUT2D eigenvalue weighted by atomic mass is 19.1. The van der Waals surface area contributed by atoms with Crippen molar-refractivity contribution in [3.63, 3.8) is 0 Å². The summed E-state index contributed by atoms with van der Waals surface area (Å²) in [7, 11) is 0. The van der Waals surface area contributed by atoms with Gasteiger partial charge < -0.3 is 20.4 Å². The molecule has 9 nitrogen and oxygen atoms in total. The Hall–Kier alpha value is -3.79. The standard InChI is InChI=1S/C29H36FN5O4/c1-20(2)18-26(37)35-16-5-15-34(17-14-31-19-21-6-3-4-7-24(21)35)25(36)12-13-29(27(38)32-28(39)33-29)22-8-10-23(30)11-9-22/h3-4,6-11,20,31H,5,12-19H2,1-2H3,(H2,32,33,38,39). The highest BCUT2D eigenvalue weighted by Gasteiger charge is 2.47. The van der Waals surface area contributed by atoms with Gasteiger partial charge in [-0.15, -0.1) is 0 Å². The van der Waals surface area contributed by atoms with E-state index in [0.717, 1.165) is 11.3 Å². The number of hydrogen-bond acceptors (Lipinski definition) is 5. The monoisotopic (exact) mass is 537 g/mol. The molecule has 0 spiro atoms. The second-order valence-corrected chi connectivity index (χ2v) is 10.5. The number of carbonyl (C=O) groups is 4. The molecule has 1 saturated heterocycles. The van der Waals surface area contributed by atoms with E-state index in [4.69, 9.17) is 0 Å². The summed E-state index contributed by atoms with van der Waals surface area (Å²) in [5.74, 6) is -0.916. The van der Waals surface area contributed by atoms with Crippen LogP contribution in [-0.2, 0) is 26.5 Å². The number of hydrogen-bond donors (Lipinski definition) is 3. The van der Waals surface area contributed by atoms with E-state index in [9.17, 15) is 23.6 Å². The maximum absolute atomic E-state index is 13.5. The van der Waals surface area contributed by atoms with Crippen LogP contribution >= 0.6 is 0 Å². The Morgan fingerprint density at radius 2 is 1.74 bits per heavy atom. The molecule has 39 heavy (non-hydrogen) atoms. The molecule has 208 valence electrons. The molecule has 10 heteroatoms. The molecular weight excluding hydrogens is 501 g/mol. The Labute approximate surface area is 228 Å². The molecule has 2 aliphatic rings. The summed E-state index contributed by atoms with van der Waals surface area (Å²) in [6, 6.07) is 12.5. The van der Waals surface area contributed by atoms with Gasteiger partial charge in [0.15, 0.2) is 0 Å². The van der Waals surface area contributed by atoms with Gasteiger partial charge in [0.25, 0.3) is 5.91 Å². The van der Waals surface area contributed by atoms with Gasteiger partial charge in [0.1, 0.15) is 11.4 Å². The highest BCUT2D eigenvalue weighted by molar-refractivity contribution is 6.07. The van der Waals surface area contributed by atoms with Crippen molar-refractivity contribution < 1.29 is 23.6 Å². The van der Waals surface area contributed by atoms with Crippen molar-refractivity contribution >= 4 is 29.4 Å². The molecule has 0 radical (unpaired) electrons. The number of nitrogens with zero attached hydrogens (tertiary/aromatic N) is 2. The summed E-state index contributed by atoms with van der Waals surface area (Å²) < 4.78 is 13.5. The lowest BCUT2D eigenvalue weighted by Crippen LogP contribution is -2.45. The first kappa shape index (κ1) is 28.2. The predicted octanol–water partition coefficient (Wildman–Crippen LogP) is 3.04. The van der Waals surface area contributed by atoms with Crippen molar-refractivity contribution in [1.29, 1.82) is 0 Å². The van der Waals surface area contributed by atoms with E-state index in [1.807, 2.05) is 43.0 Å². The molecule has 5 amide bonds. The van der Waals surface area contributed by atoms with Crippen LogP contribution in [0.3, 0.4) is 0 Å². The molecule has 4 rings (SSSR count). The number of benzene rings is 2. The number of halogens is 1. The summed E-state index contributed by atoms with van der Waals surface area (Å²) in [6.07, 6.45) is 1.05. The van der Waals surface area contributed by atoms with Crippen molar-refractivity contribution in [2.75, 3.05) is 31.1 Å². The number of carbonyl (C=O) groups excluding carboxylic acids is 4.